The lowest BCUT2D eigenvalue weighted by molar-refractivity contribution is 0.0721. The monoisotopic (exact) mass is 324 g/mol. The first kappa shape index (κ1) is 16.7. The largest absolute Gasteiger partial charge is 0.462 e. The van der Waals surface area contributed by atoms with Gasteiger partial charge in [0.1, 0.15) is 5.69 Å². The fourth-order valence-corrected chi connectivity index (χ4v) is 3.06. The van der Waals surface area contributed by atoms with Crippen LogP contribution in [-0.2, 0) is 4.74 Å². The van der Waals surface area contributed by atoms with Crippen LogP contribution in [0.3, 0.4) is 0 Å². The van der Waals surface area contributed by atoms with E-state index >= 15 is 0 Å². The molecule has 2 heterocycles. The van der Waals surface area contributed by atoms with Gasteiger partial charge in [-0.15, -0.1) is 11.3 Å². The molecule has 2 N–H and O–H groups in total. The van der Waals surface area contributed by atoms with E-state index in [1.54, 1.807) is 25.5 Å². The molecule has 7 heteroatoms. The SMILES string of the molecule is COCC(C)(CCO)NC(=O)c1nc(-c2ccco2)sc1C. The minimum absolute atomic E-state index is 0.0339. The van der Waals surface area contributed by atoms with Crippen molar-refractivity contribution in [2.45, 2.75) is 25.8 Å². The smallest absolute Gasteiger partial charge is 0.271 e. The van der Waals surface area contributed by atoms with Crippen LogP contribution in [0.1, 0.15) is 28.7 Å². The summed E-state index contributed by atoms with van der Waals surface area (Å²) in [5.41, 5.74) is -0.266. The molecule has 2 aromatic heterocycles. The molecular formula is C15H20N2O4S. The van der Waals surface area contributed by atoms with Crippen LogP contribution < -0.4 is 5.32 Å². The predicted molar refractivity (Wildman–Crippen MR) is 84.0 cm³/mol. The number of ether oxygens (including phenoxy) is 1. The summed E-state index contributed by atoms with van der Waals surface area (Å²) >= 11 is 1.41. The number of nitrogens with one attached hydrogen (secondary N) is 1. The minimum atomic E-state index is -0.637. The number of nitrogens with zero attached hydrogens (tertiary/aromatic N) is 1. The molecule has 0 fully saturated rings. The van der Waals surface area contributed by atoms with Gasteiger partial charge in [-0.3, -0.25) is 4.79 Å². The van der Waals surface area contributed by atoms with Crippen LogP contribution >= 0.6 is 11.3 Å². The number of thiazole rings is 1. The number of carbonyl (C=O) groups excluding carboxylic acids is 1. The van der Waals surface area contributed by atoms with Gasteiger partial charge in [0.15, 0.2) is 10.8 Å². The highest BCUT2D eigenvalue weighted by atomic mass is 32.1. The second-order valence-corrected chi connectivity index (χ2v) is 6.53. The van der Waals surface area contributed by atoms with E-state index in [1.807, 2.05) is 13.8 Å². The summed E-state index contributed by atoms with van der Waals surface area (Å²) in [6, 6.07) is 3.59. The van der Waals surface area contributed by atoms with Gasteiger partial charge in [0.2, 0.25) is 0 Å². The van der Waals surface area contributed by atoms with Crippen LogP contribution in [0.5, 0.6) is 0 Å². The summed E-state index contributed by atoms with van der Waals surface area (Å²) in [6.45, 7) is 3.96. The van der Waals surface area contributed by atoms with Crippen molar-refractivity contribution in [3.8, 4) is 10.8 Å². The van der Waals surface area contributed by atoms with Crippen molar-refractivity contribution >= 4 is 17.2 Å². The fourth-order valence-electron chi connectivity index (χ4n) is 2.18. The molecule has 0 spiro atoms. The molecule has 22 heavy (non-hydrogen) atoms. The van der Waals surface area contributed by atoms with E-state index in [0.717, 1.165) is 4.88 Å². The molecule has 0 radical (unpaired) electrons. The van der Waals surface area contributed by atoms with Gasteiger partial charge in [0, 0.05) is 18.6 Å². The predicted octanol–water partition coefficient (Wildman–Crippen LogP) is 2.23. The summed E-state index contributed by atoms with van der Waals surface area (Å²) in [4.78, 5) is 17.7. The maximum atomic E-state index is 12.5. The van der Waals surface area contributed by atoms with Gasteiger partial charge in [-0.2, -0.15) is 0 Å². The normalized spacial score (nSPS) is 13.8. The zero-order valence-corrected chi connectivity index (χ0v) is 13.7. The van der Waals surface area contributed by atoms with E-state index in [4.69, 9.17) is 14.3 Å². The third kappa shape index (κ3) is 3.73. The van der Waals surface area contributed by atoms with Gasteiger partial charge in [-0.1, -0.05) is 0 Å². The number of hydrogen-bond donors (Lipinski definition) is 2. The molecule has 0 saturated carbocycles. The fraction of sp³-hybridized carbons (Fsp3) is 0.467. The highest BCUT2D eigenvalue weighted by molar-refractivity contribution is 7.15. The third-order valence-corrected chi connectivity index (χ3v) is 4.27. The van der Waals surface area contributed by atoms with Crippen molar-refractivity contribution < 1.29 is 19.1 Å². The van der Waals surface area contributed by atoms with E-state index in [9.17, 15) is 4.79 Å². The molecule has 0 saturated heterocycles. The zero-order chi connectivity index (χ0) is 16.2. The van der Waals surface area contributed by atoms with Crippen molar-refractivity contribution in [3.05, 3.63) is 29.0 Å². The van der Waals surface area contributed by atoms with Crippen LogP contribution in [0.2, 0.25) is 0 Å². The number of hydrogen-bond acceptors (Lipinski definition) is 6. The molecule has 120 valence electrons. The van der Waals surface area contributed by atoms with Gasteiger partial charge in [-0.25, -0.2) is 4.98 Å². The second kappa shape index (κ2) is 7.04. The Morgan fingerprint density at radius 2 is 2.36 bits per heavy atom. The minimum Gasteiger partial charge on any atom is -0.462 e. The van der Waals surface area contributed by atoms with Gasteiger partial charge in [0.05, 0.1) is 18.4 Å². The van der Waals surface area contributed by atoms with Crippen LogP contribution in [0.4, 0.5) is 0 Å². The first-order valence-electron chi connectivity index (χ1n) is 6.93. The van der Waals surface area contributed by atoms with Crippen molar-refractivity contribution in [2.24, 2.45) is 0 Å². The summed E-state index contributed by atoms with van der Waals surface area (Å²) in [5, 5.41) is 12.7. The maximum absolute atomic E-state index is 12.5. The topological polar surface area (TPSA) is 84.6 Å². The first-order chi connectivity index (χ1) is 10.5. The van der Waals surface area contributed by atoms with E-state index in [1.165, 1.54) is 11.3 Å². The number of amides is 1. The van der Waals surface area contributed by atoms with Crippen molar-refractivity contribution in [3.63, 3.8) is 0 Å². The molecule has 0 aliphatic carbocycles. The van der Waals surface area contributed by atoms with E-state index in [2.05, 4.69) is 10.3 Å². The molecule has 1 atom stereocenters. The van der Waals surface area contributed by atoms with Crippen LogP contribution in [0, 0.1) is 6.92 Å². The quantitative estimate of drug-likeness (QED) is 0.816. The van der Waals surface area contributed by atoms with Crippen LogP contribution in [0.15, 0.2) is 22.8 Å². The number of aliphatic hydroxyl groups is 1. The zero-order valence-electron chi connectivity index (χ0n) is 12.9. The molecule has 2 rings (SSSR count). The Morgan fingerprint density at radius 3 is 2.95 bits per heavy atom. The number of rotatable bonds is 7. The lowest BCUT2D eigenvalue weighted by Crippen LogP contribution is -2.50. The highest BCUT2D eigenvalue weighted by Gasteiger charge is 2.28. The Balaban J connectivity index is 2.19. The second-order valence-electron chi connectivity index (χ2n) is 5.32. The van der Waals surface area contributed by atoms with Crippen LogP contribution in [-0.4, -0.2) is 41.9 Å². The Morgan fingerprint density at radius 1 is 1.59 bits per heavy atom. The first-order valence-corrected chi connectivity index (χ1v) is 7.74. The number of aryl methyl sites for hydroxylation is 1. The Labute approximate surface area is 133 Å². The standard InChI is InChI=1S/C15H20N2O4S/c1-10-12(16-14(22-10)11-5-4-8-21-11)13(19)17-15(2,6-7-18)9-20-3/h4-5,8,18H,6-7,9H2,1-3H3,(H,17,19). The molecule has 0 aromatic carbocycles. The summed E-state index contributed by atoms with van der Waals surface area (Å²) in [5.74, 6) is 0.363. The van der Waals surface area contributed by atoms with Crippen molar-refractivity contribution in [1.29, 1.82) is 0 Å². The lowest BCUT2D eigenvalue weighted by Gasteiger charge is -2.29. The molecule has 0 aliphatic rings. The number of aliphatic hydroxyl groups excluding tert-OH is 1. The average Bonchev–Trinajstić information content (AvgIpc) is 3.07. The number of methoxy groups -OCH3 is 1. The van der Waals surface area contributed by atoms with E-state index in [0.29, 0.717) is 29.5 Å². The molecule has 0 aliphatic heterocycles. The van der Waals surface area contributed by atoms with Gasteiger partial charge in [0.25, 0.3) is 5.91 Å². The number of aromatic nitrogens is 1. The van der Waals surface area contributed by atoms with Gasteiger partial charge < -0.3 is 19.6 Å². The van der Waals surface area contributed by atoms with Gasteiger partial charge >= 0.3 is 0 Å². The van der Waals surface area contributed by atoms with E-state index < -0.39 is 5.54 Å². The average molecular weight is 324 g/mol. The molecule has 6 nitrogen and oxygen atoms in total. The van der Waals surface area contributed by atoms with Gasteiger partial charge in [-0.05, 0) is 32.4 Å². The van der Waals surface area contributed by atoms with Crippen LogP contribution in [0.25, 0.3) is 10.8 Å². The number of furan rings is 1. The van der Waals surface area contributed by atoms with Crippen molar-refractivity contribution in [1.82, 2.24) is 10.3 Å². The molecule has 1 unspecified atom stereocenters. The number of carbonyl (C=O) groups is 1. The Hall–Kier alpha value is -1.70. The summed E-state index contributed by atoms with van der Waals surface area (Å²) in [6.07, 6.45) is 1.98. The third-order valence-electron chi connectivity index (χ3n) is 3.29. The molecule has 0 bridgehead atoms. The lowest BCUT2D eigenvalue weighted by atomic mass is 9.99. The summed E-state index contributed by atoms with van der Waals surface area (Å²) in [7, 11) is 1.56. The maximum Gasteiger partial charge on any atom is 0.271 e. The Kier molecular flexibility index (Phi) is 5.33. The molecule has 1 amide bonds. The molecule has 2 aromatic rings. The molecular weight excluding hydrogens is 304 g/mol. The summed E-state index contributed by atoms with van der Waals surface area (Å²) < 4.78 is 10.4. The highest BCUT2D eigenvalue weighted by Crippen LogP contribution is 2.28. The van der Waals surface area contributed by atoms with Crippen molar-refractivity contribution in [2.75, 3.05) is 20.3 Å². The Bertz CT molecular complexity index is 616. The van der Waals surface area contributed by atoms with E-state index in [-0.39, 0.29) is 12.5 Å².